The van der Waals surface area contributed by atoms with Crippen LogP contribution in [0.2, 0.25) is 0 Å². The number of nitrogens with zero attached hydrogens (tertiary/aromatic N) is 2. The van der Waals surface area contributed by atoms with Crippen molar-refractivity contribution in [2.45, 2.75) is 39.7 Å². The molecule has 5 heteroatoms. The zero-order chi connectivity index (χ0) is 15.7. The number of rotatable bonds is 3. The fourth-order valence-electron chi connectivity index (χ4n) is 2.99. The van der Waals surface area contributed by atoms with E-state index in [-0.39, 0.29) is 11.9 Å². The van der Waals surface area contributed by atoms with Gasteiger partial charge in [-0.1, -0.05) is 6.07 Å². The summed E-state index contributed by atoms with van der Waals surface area (Å²) >= 11 is 0. The largest absolute Gasteiger partial charge is 0.308 e. The van der Waals surface area contributed by atoms with Gasteiger partial charge in [-0.25, -0.2) is 4.68 Å². The summed E-state index contributed by atoms with van der Waals surface area (Å²) in [4.78, 5) is 12.2. The Kier molecular flexibility index (Phi) is 3.98. The zero-order valence-electron chi connectivity index (χ0n) is 13.3. The number of nitrogens with one attached hydrogen (secondary N) is 2. The number of hydrogen-bond acceptors (Lipinski definition) is 3. The summed E-state index contributed by atoms with van der Waals surface area (Å²) in [7, 11) is 0. The first-order valence-corrected chi connectivity index (χ1v) is 7.72. The maximum absolute atomic E-state index is 12.2. The molecular formula is C17H22N4O. The minimum atomic E-state index is -0.0910. The lowest BCUT2D eigenvalue weighted by Crippen LogP contribution is -2.35. The van der Waals surface area contributed by atoms with Gasteiger partial charge in [0.05, 0.1) is 11.7 Å². The van der Waals surface area contributed by atoms with E-state index in [1.807, 2.05) is 17.7 Å². The van der Waals surface area contributed by atoms with Crippen molar-refractivity contribution in [2.75, 3.05) is 11.9 Å². The van der Waals surface area contributed by atoms with E-state index < -0.39 is 0 Å². The number of aryl methyl sites for hydroxylation is 3. The highest BCUT2D eigenvalue weighted by Gasteiger charge is 2.22. The molecule has 2 aromatic rings. The molecule has 1 atom stereocenters. The molecule has 1 fully saturated rings. The standard InChI is InChI=1S/C17H22N4O/c1-11-7-12(2)9-14(8-11)21-13(3)10-16(20-21)19-17(22)15-5-4-6-18-15/h7-10,15,18H,4-6H2,1-3H3,(H,19,20,22). The molecule has 1 aliphatic heterocycles. The van der Waals surface area contributed by atoms with E-state index in [2.05, 4.69) is 47.8 Å². The molecule has 0 aliphatic carbocycles. The van der Waals surface area contributed by atoms with Gasteiger partial charge in [-0.15, -0.1) is 5.10 Å². The van der Waals surface area contributed by atoms with Gasteiger partial charge in [0.25, 0.3) is 0 Å². The van der Waals surface area contributed by atoms with E-state index in [0.29, 0.717) is 5.82 Å². The van der Waals surface area contributed by atoms with E-state index >= 15 is 0 Å². The topological polar surface area (TPSA) is 59.0 Å². The molecule has 1 saturated heterocycles. The van der Waals surface area contributed by atoms with Gasteiger partial charge in [0.2, 0.25) is 5.91 Å². The summed E-state index contributed by atoms with van der Waals surface area (Å²) in [5.41, 5.74) is 4.42. The van der Waals surface area contributed by atoms with E-state index in [4.69, 9.17) is 0 Å². The molecule has 1 aliphatic rings. The Morgan fingerprint density at radius 2 is 1.95 bits per heavy atom. The van der Waals surface area contributed by atoms with Gasteiger partial charge in [0.1, 0.15) is 0 Å². The molecule has 116 valence electrons. The normalized spacial score (nSPS) is 17.7. The Morgan fingerprint density at radius 1 is 1.23 bits per heavy atom. The quantitative estimate of drug-likeness (QED) is 0.915. The summed E-state index contributed by atoms with van der Waals surface area (Å²) in [6, 6.07) is 8.14. The lowest BCUT2D eigenvalue weighted by molar-refractivity contribution is -0.117. The first-order valence-electron chi connectivity index (χ1n) is 7.72. The van der Waals surface area contributed by atoms with Crippen molar-refractivity contribution in [1.29, 1.82) is 0 Å². The first-order chi connectivity index (χ1) is 10.5. The Balaban J connectivity index is 1.82. The Hall–Kier alpha value is -2.14. The number of hydrogen-bond donors (Lipinski definition) is 2. The highest BCUT2D eigenvalue weighted by atomic mass is 16.2. The smallest absolute Gasteiger partial charge is 0.242 e. The van der Waals surface area contributed by atoms with Gasteiger partial charge in [-0.2, -0.15) is 0 Å². The number of anilines is 1. The van der Waals surface area contributed by atoms with Crippen LogP contribution >= 0.6 is 0 Å². The molecule has 22 heavy (non-hydrogen) atoms. The third kappa shape index (κ3) is 3.04. The number of amides is 1. The number of aromatic nitrogens is 2. The molecule has 1 amide bonds. The van der Waals surface area contributed by atoms with Crippen LogP contribution in [0.15, 0.2) is 24.3 Å². The molecule has 0 saturated carbocycles. The molecule has 0 spiro atoms. The molecular weight excluding hydrogens is 276 g/mol. The highest BCUT2D eigenvalue weighted by molar-refractivity contribution is 5.94. The van der Waals surface area contributed by atoms with Crippen molar-refractivity contribution in [2.24, 2.45) is 0 Å². The van der Waals surface area contributed by atoms with Gasteiger partial charge >= 0.3 is 0 Å². The molecule has 0 bridgehead atoms. The van der Waals surface area contributed by atoms with E-state index in [0.717, 1.165) is 30.8 Å². The fraction of sp³-hybridized carbons (Fsp3) is 0.412. The predicted molar refractivity (Wildman–Crippen MR) is 87.4 cm³/mol. The summed E-state index contributed by atoms with van der Waals surface area (Å²) in [6.45, 7) is 7.05. The van der Waals surface area contributed by atoms with Crippen LogP contribution in [0.4, 0.5) is 5.82 Å². The van der Waals surface area contributed by atoms with Crippen LogP contribution in [0.5, 0.6) is 0 Å². The number of benzene rings is 1. The number of carbonyl (C=O) groups excluding carboxylic acids is 1. The molecule has 0 radical (unpaired) electrons. The van der Waals surface area contributed by atoms with Crippen LogP contribution in [-0.4, -0.2) is 28.3 Å². The SMILES string of the molecule is Cc1cc(C)cc(-n2nc(NC(=O)C3CCCN3)cc2C)c1. The van der Waals surface area contributed by atoms with Crippen molar-refractivity contribution in [3.8, 4) is 5.69 Å². The Bertz CT molecular complexity index is 678. The molecule has 1 unspecified atom stereocenters. The monoisotopic (exact) mass is 298 g/mol. The molecule has 2 heterocycles. The van der Waals surface area contributed by atoms with Crippen LogP contribution in [0.25, 0.3) is 5.69 Å². The molecule has 5 nitrogen and oxygen atoms in total. The number of carbonyl (C=O) groups is 1. The van der Waals surface area contributed by atoms with Gasteiger partial charge in [0, 0.05) is 11.8 Å². The average Bonchev–Trinajstić information content (AvgIpc) is 3.07. The molecule has 2 N–H and O–H groups in total. The van der Waals surface area contributed by atoms with Crippen molar-refractivity contribution >= 4 is 11.7 Å². The zero-order valence-corrected chi connectivity index (χ0v) is 13.3. The lowest BCUT2D eigenvalue weighted by atomic mass is 10.1. The van der Waals surface area contributed by atoms with Crippen LogP contribution < -0.4 is 10.6 Å². The van der Waals surface area contributed by atoms with Crippen LogP contribution in [-0.2, 0) is 4.79 Å². The van der Waals surface area contributed by atoms with Gasteiger partial charge < -0.3 is 10.6 Å². The highest BCUT2D eigenvalue weighted by Crippen LogP contribution is 2.18. The van der Waals surface area contributed by atoms with Crippen molar-refractivity contribution in [1.82, 2.24) is 15.1 Å². The lowest BCUT2D eigenvalue weighted by Gasteiger charge is -2.09. The summed E-state index contributed by atoms with van der Waals surface area (Å²) in [5.74, 6) is 0.609. The Labute approximate surface area is 130 Å². The fourth-order valence-corrected chi connectivity index (χ4v) is 2.99. The minimum Gasteiger partial charge on any atom is -0.308 e. The molecule has 1 aromatic carbocycles. The van der Waals surface area contributed by atoms with Gasteiger partial charge in [0.15, 0.2) is 5.82 Å². The van der Waals surface area contributed by atoms with Crippen molar-refractivity contribution in [3.63, 3.8) is 0 Å². The second-order valence-electron chi connectivity index (χ2n) is 6.07. The van der Waals surface area contributed by atoms with Crippen molar-refractivity contribution in [3.05, 3.63) is 41.1 Å². The third-order valence-corrected chi connectivity index (χ3v) is 3.97. The second-order valence-corrected chi connectivity index (χ2v) is 6.07. The van der Waals surface area contributed by atoms with Crippen LogP contribution in [0.1, 0.15) is 29.7 Å². The van der Waals surface area contributed by atoms with Crippen molar-refractivity contribution < 1.29 is 4.79 Å². The van der Waals surface area contributed by atoms with E-state index in [1.54, 1.807) is 0 Å². The summed E-state index contributed by atoms with van der Waals surface area (Å²) < 4.78 is 1.87. The molecule has 3 rings (SSSR count). The Morgan fingerprint density at radius 3 is 2.59 bits per heavy atom. The maximum Gasteiger partial charge on any atom is 0.242 e. The first kappa shape index (κ1) is 14.8. The van der Waals surface area contributed by atoms with E-state index in [1.165, 1.54) is 11.1 Å². The summed E-state index contributed by atoms with van der Waals surface area (Å²) in [6.07, 6.45) is 1.94. The van der Waals surface area contributed by atoms with E-state index in [9.17, 15) is 4.79 Å². The minimum absolute atomic E-state index is 0.00238. The molecule has 1 aromatic heterocycles. The predicted octanol–water partition coefficient (Wildman–Crippen LogP) is 2.49. The van der Waals surface area contributed by atoms with Crippen LogP contribution in [0, 0.1) is 20.8 Å². The van der Waals surface area contributed by atoms with Gasteiger partial charge in [-0.05, 0) is 63.4 Å². The average molecular weight is 298 g/mol. The van der Waals surface area contributed by atoms with Gasteiger partial charge in [-0.3, -0.25) is 4.79 Å². The summed E-state index contributed by atoms with van der Waals surface area (Å²) in [5, 5.41) is 10.6. The second kappa shape index (κ2) is 5.93. The maximum atomic E-state index is 12.2. The third-order valence-electron chi connectivity index (χ3n) is 3.97. The van der Waals surface area contributed by atoms with Crippen LogP contribution in [0.3, 0.4) is 0 Å².